The summed E-state index contributed by atoms with van der Waals surface area (Å²) < 4.78 is 4.75. The van der Waals surface area contributed by atoms with Gasteiger partial charge in [0.05, 0.1) is 6.61 Å². The van der Waals surface area contributed by atoms with E-state index in [1.165, 1.54) is 11.8 Å². The van der Waals surface area contributed by atoms with Crippen LogP contribution in [-0.2, 0) is 19.1 Å². The van der Waals surface area contributed by atoms with Crippen LogP contribution in [-0.4, -0.2) is 47.0 Å². The highest BCUT2D eigenvalue weighted by atomic mass is 16.5. The highest BCUT2D eigenvalue weighted by Crippen LogP contribution is 2.20. The van der Waals surface area contributed by atoms with Crippen molar-refractivity contribution in [1.82, 2.24) is 4.90 Å². The number of ether oxygens (including phenoxy) is 1. The first-order chi connectivity index (χ1) is 7.99. The Kier molecular flexibility index (Phi) is 4.48. The van der Waals surface area contributed by atoms with Crippen LogP contribution in [0.3, 0.4) is 0 Å². The molecule has 0 saturated carbocycles. The fourth-order valence-corrected chi connectivity index (χ4v) is 1.90. The zero-order valence-corrected chi connectivity index (χ0v) is 10.0. The molecular formula is C11H17NO5. The molecule has 1 rings (SSSR count). The van der Waals surface area contributed by atoms with E-state index in [9.17, 15) is 14.4 Å². The highest BCUT2D eigenvalue weighted by Gasteiger charge is 2.38. The van der Waals surface area contributed by atoms with E-state index in [0.29, 0.717) is 19.4 Å². The van der Waals surface area contributed by atoms with Crippen molar-refractivity contribution >= 4 is 17.8 Å². The minimum absolute atomic E-state index is 0.207. The molecule has 6 heteroatoms. The Balaban J connectivity index is 2.68. The standard InChI is InChI=1S/C11H17NO5/c1-3-17-11(16)7(2)9(13)12-6-4-5-8(12)10(14)15/h7-8H,3-6H2,1-2H3,(H,14,15)/t7?,8-/m0/s1. The van der Waals surface area contributed by atoms with Gasteiger partial charge in [0.25, 0.3) is 0 Å². The second kappa shape index (κ2) is 5.65. The lowest BCUT2D eigenvalue weighted by molar-refractivity contribution is -0.158. The molecule has 1 fully saturated rings. The quantitative estimate of drug-likeness (QED) is 0.565. The molecule has 1 N–H and O–H groups in total. The van der Waals surface area contributed by atoms with Crippen LogP contribution in [0.2, 0.25) is 0 Å². The summed E-state index contributed by atoms with van der Waals surface area (Å²) in [4.78, 5) is 35.5. The second-order valence-electron chi connectivity index (χ2n) is 4.00. The lowest BCUT2D eigenvalue weighted by Gasteiger charge is -2.23. The fraction of sp³-hybridized carbons (Fsp3) is 0.727. The summed E-state index contributed by atoms with van der Waals surface area (Å²) >= 11 is 0. The molecule has 1 unspecified atom stereocenters. The van der Waals surface area contributed by atoms with E-state index in [-0.39, 0.29) is 6.61 Å². The maximum absolute atomic E-state index is 11.9. The molecule has 0 aromatic carbocycles. The van der Waals surface area contributed by atoms with Crippen molar-refractivity contribution in [2.75, 3.05) is 13.2 Å². The summed E-state index contributed by atoms with van der Waals surface area (Å²) in [6, 6.07) is -0.806. The van der Waals surface area contributed by atoms with E-state index in [1.807, 2.05) is 0 Å². The fourth-order valence-electron chi connectivity index (χ4n) is 1.90. The predicted molar refractivity (Wildman–Crippen MR) is 58.2 cm³/mol. The van der Waals surface area contributed by atoms with Gasteiger partial charge in [-0.05, 0) is 26.7 Å². The molecule has 0 radical (unpaired) electrons. The number of nitrogens with zero attached hydrogens (tertiary/aromatic N) is 1. The van der Waals surface area contributed by atoms with Crippen molar-refractivity contribution in [3.63, 3.8) is 0 Å². The minimum Gasteiger partial charge on any atom is -0.480 e. The lowest BCUT2D eigenvalue weighted by atomic mass is 10.1. The van der Waals surface area contributed by atoms with Crippen molar-refractivity contribution in [2.45, 2.75) is 32.7 Å². The van der Waals surface area contributed by atoms with Crippen molar-refractivity contribution in [1.29, 1.82) is 0 Å². The third-order valence-corrected chi connectivity index (χ3v) is 2.83. The van der Waals surface area contributed by atoms with Crippen molar-refractivity contribution < 1.29 is 24.2 Å². The molecule has 1 aliphatic heterocycles. The molecule has 0 aromatic rings. The average molecular weight is 243 g/mol. The first-order valence-electron chi connectivity index (χ1n) is 5.69. The number of carbonyl (C=O) groups is 3. The number of carboxylic acids is 1. The van der Waals surface area contributed by atoms with Gasteiger partial charge in [-0.3, -0.25) is 9.59 Å². The van der Waals surface area contributed by atoms with E-state index in [1.54, 1.807) is 6.92 Å². The van der Waals surface area contributed by atoms with Gasteiger partial charge in [0.1, 0.15) is 12.0 Å². The van der Waals surface area contributed by atoms with Crippen LogP contribution in [0, 0.1) is 5.92 Å². The van der Waals surface area contributed by atoms with Crippen LogP contribution < -0.4 is 0 Å². The zero-order valence-electron chi connectivity index (χ0n) is 10.0. The Morgan fingerprint density at radius 2 is 2.12 bits per heavy atom. The molecule has 1 amide bonds. The van der Waals surface area contributed by atoms with Gasteiger partial charge in [-0.25, -0.2) is 4.79 Å². The maximum atomic E-state index is 11.9. The zero-order chi connectivity index (χ0) is 13.0. The number of amides is 1. The van der Waals surface area contributed by atoms with Gasteiger partial charge in [-0.15, -0.1) is 0 Å². The summed E-state index contributed by atoms with van der Waals surface area (Å²) in [5.41, 5.74) is 0. The Morgan fingerprint density at radius 3 is 2.65 bits per heavy atom. The Hall–Kier alpha value is -1.59. The molecule has 96 valence electrons. The molecule has 2 atom stereocenters. The summed E-state index contributed by atoms with van der Waals surface area (Å²) in [6.07, 6.45) is 1.09. The third kappa shape index (κ3) is 2.95. The molecule has 0 aliphatic carbocycles. The molecule has 0 bridgehead atoms. The first-order valence-corrected chi connectivity index (χ1v) is 5.69. The number of hydrogen-bond acceptors (Lipinski definition) is 4. The van der Waals surface area contributed by atoms with Crippen LogP contribution in [0.15, 0.2) is 0 Å². The summed E-state index contributed by atoms with van der Waals surface area (Å²) in [6.45, 7) is 3.70. The van der Waals surface area contributed by atoms with Gasteiger partial charge in [0.2, 0.25) is 5.91 Å². The summed E-state index contributed by atoms with van der Waals surface area (Å²) in [5, 5.41) is 8.95. The number of hydrogen-bond donors (Lipinski definition) is 1. The largest absolute Gasteiger partial charge is 0.480 e. The van der Waals surface area contributed by atoms with E-state index in [0.717, 1.165) is 0 Å². The van der Waals surface area contributed by atoms with E-state index >= 15 is 0 Å². The maximum Gasteiger partial charge on any atom is 0.326 e. The molecule has 1 heterocycles. The van der Waals surface area contributed by atoms with Gasteiger partial charge < -0.3 is 14.7 Å². The predicted octanol–water partition coefficient (Wildman–Crippen LogP) is 0.261. The first kappa shape index (κ1) is 13.5. The molecule has 1 aliphatic rings. The van der Waals surface area contributed by atoms with E-state index in [2.05, 4.69) is 0 Å². The summed E-state index contributed by atoms with van der Waals surface area (Å²) in [7, 11) is 0. The van der Waals surface area contributed by atoms with Crippen LogP contribution in [0.4, 0.5) is 0 Å². The van der Waals surface area contributed by atoms with Crippen LogP contribution in [0.25, 0.3) is 0 Å². The minimum atomic E-state index is -1.02. The van der Waals surface area contributed by atoms with Crippen LogP contribution in [0.5, 0.6) is 0 Å². The van der Waals surface area contributed by atoms with Crippen LogP contribution in [0.1, 0.15) is 26.7 Å². The Morgan fingerprint density at radius 1 is 1.47 bits per heavy atom. The number of rotatable bonds is 4. The molecule has 1 saturated heterocycles. The monoisotopic (exact) mass is 243 g/mol. The number of likely N-dealkylation sites (tertiary alicyclic amines) is 1. The normalized spacial score (nSPS) is 21.1. The SMILES string of the molecule is CCOC(=O)C(C)C(=O)N1CCC[C@H]1C(=O)O. The molecule has 17 heavy (non-hydrogen) atoms. The van der Waals surface area contributed by atoms with Gasteiger partial charge in [0, 0.05) is 6.54 Å². The summed E-state index contributed by atoms with van der Waals surface area (Å²) in [5.74, 6) is -3.02. The number of carbonyl (C=O) groups excluding carboxylic acids is 2. The van der Waals surface area contributed by atoms with E-state index in [4.69, 9.17) is 9.84 Å². The average Bonchev–Trinajstić information content (AvgIpc) is 2.76. The van der Waals surface area contributed by atoms with Crippen molar-refractivity contribution in [3.05, 3.63) is 0 Å². The lowest BCUT2D eigenvalue weighted by Crippen LogP contribution is -2.45. The number of aliphatic carboxylic acids is 1. The van der Waals surface area contributed by atoms with E-state index < -0.39 is 29.8 Å². The van der Waals surface area contributed by atoms with Crippen molar-refractivity contribution in [3.8, 4) is 0 Å². The Bertz CT molecular complexity index is 328. The Labute approximate surface area is 99.5 Å². The van der Waals surface area contributed by atoms with Gasteiger partial charge in [0.15, 0.2) is 0 Å². The number of carboxylic acid groups (broad SMARTS) is 1. The van der Waals surface area contributed by atoms with Crippen molar-refractivity contribution in [2.24, 2.45) is 5.92 Å². The molecular weight excluding hydrogens is 226 g/mol. The van der Waals surface area contributed by atoms with Gasteiger partial charge in [-0.2, -0.15) is 0 Å². The molecule has 0 aromatic heterocycles. The molecule has 6 nitrogen and oxygen atoms in total. The number of esters is 1. The van der Waals surface area contributed by atoms with Gasteiger partial charge in [-0.1, -0.05) is 0 Å². The smallest absolute Gasteiger partial charge is 0.326 e. The molecule has 0 spiro atoms. The second-order valence-corrected chi connectivity index (χ2v) is 4.00. The third-order valence-electron chi connectivity index (χ3n) is 2.83. The van der Waals surface area contributed by atoms with Crippen LogP contribution >= 0.6 is 0 Å². The highest BCUT2D eigenvalue weighted by molar-refractivity contribution is 5.99. The van der Waals surface area contributed by atoms with Gasteiger partial charge >= 0.3 is 11.9 Å². The topological polar surface area (TPSA) is 83.9 Å².